The van der Waals surface area contributed by atoms with Crippen LogP contribution in [0.1, 0.15) is 24.2 Å². The molecule has 1 unspecified atom stereocenters. The van der Waals surface area contributed by atoms with Crippen molar-refractivity contribution >= 4 is 15.7 Å². The maximum atomic E-state index is 11.9. The van der Waals surface area contributed by atoms with Crippen molar-refractivity contribution in [3.63, 3.8) is 0 Å². The molecule has 0 radical (unpaired) electrons. The number of nitrogens with zero attached hydrogens (tertiary/aromatic N) is 2. The highest BCUT2D eigenvalue weighted by Gasteiger charge is 2.14. The molecule has 0 spiro atoms. The van der Waals surface area contributed by atoms with Crippen LogP contribution in [0.25, 0.3) is 0 Å². The Morgan fingerprint density at radius 1 is 1.24 bits per heavy atom. The molecule has 112 valence electrons. The molecule has 0 amide bonds. The summed E-state index contributed by atoms with van der Waals surface area (Å²) in [5.74, 6) is 0. The van der Waals surface area contributed by atoms with E-state index in [9.17, 15) is 8.42 Å². The van der Waals surface area contributed by atoms with Gasteiger partial charge in [-0.2, -0.15) is 0 Å². The second-order valence-corrected chi connectivity index (χ2v) is 6.57. The van der Waals surface area contributed by atoms with Crippen LogP contribution in [0.2, 0.25) is 0 Å². The molecule has 0 saturated heterocycles. The standard InChI is InChI=1S/C14H18N4O2S/c1-10-4-5-12(21(19,20)15-3)8-13(10)18-11(2)14-9-16-6-7-17-14/h4-9,11,15,18H,1-3H3. The van der Waals surface area contributed by atoms with E-state index in [4.69, 9.17) is 0 Å². The lowest BCUT2D eigenvalue weighted by Gasteiger charge is -2.17. The molecule has 2 aromatic rings. The minimum atomic E-state index is -3.46. The normalized spacial score (nSPS) is 12.9. The first kappa shape index (κ1) is 15.4. The highest BCUT2D eigenvalue weighted by atomic mass is 32.2. The molecule has 1 aromatic heterocycles. The average molecular weight is 306 g/mol. The second-order valence-electron chi connectivity index (χ2n) is 4.68. The van der Waals surface area contributed by atoms with Gasteiger partial charge in [-0.25, -0.2) is 13.1 Å². The SMILES string of the molecule is CNS(=O)(=O)c1ccc(C)c(NC(C)c2cnccn2)c1. The summed E-state index contributed by atoms with van der Waals surface area (Å²) in [5, 5.41) is 3.27. The van der Waals surface area contributed by atoms with Gasteiger partial charge in [-0.05, 0) is 38.6 Å². The van der Waals surface area contributed by atoms with Crippen LogP contribution >= 0.6 is 0 Å². The van der Waals surface area contributed by atoms with Gasteiger partial charge < -0.3 is 5.32 Å². The maximum absolute atomic E-state index is 11.9. The number of hydrogen-bond donors (Lipinski definition) is 2. The molecule has 1 aromatic carbocycles. The van der Waals surface area contributed by atoms with E-state index in [-0.39, 0.29) is 10.9 Å². The molecule has 1 atom stereocenters. The molecule has 21 heavy (non-hydrogen) atoms. The fourth-order valence-electron chi connectivity index (χ4n) is 1.88. The van der Waals surface area contributed by atoms with E-state index in [1.54, 1.807) is 36.8 Å². The maximum Gasteiger partial charge on any atom is 0.240 e. The van der Waals surface area contributed by atoms with Crippen molar-refractivity contribution in [2.24, 2.45) is 0 Å². The summed E-state index contributed by atoms with van der Waals surface area (Å²) in [6.07, 6.45) is 4.92. The lowest BCUT2D eigenvalue weighted by Crippen LogP contribution is -2.19. The number of nitrogens with one attached hydrogen (secondary N) is 2. The van der Waals surface area contributed by atoms with Crippen LogP contribution in [-0.2, 0) is 10.0 Å². The largest absolute Gasteiger partial charge is 0.377 e. The molecule has 1 heterocycles. The predicted molar refractivity (Wildman–Crippen MR) is 81.5 cm³/mol. The van der Waals surface area contributed by atoms with Gasteiger partial charge in [0, 0.05) is 18.1 Å². The Kier molecular flexibility index (Phi) is 4.54. The molecule has 0 aliphatic heterocycles. The van der Waals surface area contributed by atoms with E-state index in [0.29, 0.717) is 0 Å². The number of sulfonamides is 1. The number of aromatic nitrogens is 2. The smallest absolute Gasteiger partial charge is 0.240 e. The Morgan fingerprint density at radius 3 is 2.62 bits per heavy atom. The van der Waals surface area contributed by atoms with Crippen LogP contribution in [0.4, 0.5) is 5.69 Å². The first-order valence-electron chi connectivity index (χ1n) is 6.50. The van der Waals surface area contributed by atoms with Gasteiger partial charge in [-0.3, -0.25) is 9.97 Å². The molecule has 0 aliphatic carbocycles. The summed E-state index contributed by atoms with van der Waals surface area (Å²) in [6.45, 7) is 3.87. The van der Waals surface area contributed by atoms with Crippen LogP contribution in [0.3, 0.4) is 0 Å². The molecule has 2 rings (SSSR count). The van der Waals surface area contributed by atoms with Crippen LogP contribution in [-0.4, -0.2) is 25.4 Å². The minimum Gasteiger partial charge on any atom is -0.377 e. The molecule has 2 N–H and O–H groups in total. The Balaban J connectivity index is 2.30. The van der Waals surface area contributed by atoms with Gasteiger partial charge in [0.1, 0.15) is 0 Å². The Bertz CT molecular complexity index is 717. The summed E-state index contributed by atoms with van der Waals surface area (Å²) in [6, 6.07) is 4.90. The number of anilines is 1. The molecule has 0 fully saturated rings. The third-order valence-electron chi connectivity index (χ3n) is 3.19. The molecule has 6 nitrogen and oxygen atoms in total. The fourth-order valence-corrected chi connectivity index (χ4v) is 2.64. The molecule has 0 aliphatic rings. The lowest BCUT2D eigenvalue weighted by molar-refractivity contribution is 0.588. The monoisotopic (exact) mass is 306 g/mol. The first-order valence-corrected chi connectivity index (χ1v) is 7.99. The van der Waals surface area contributed by atoms with E-state index in [2.05, 4.69) is 20.0 Å². The van der Waals surface area contributed by atoms with Crippen molar-refractivity contribution in [1.29, 1.82) is 0 Å². The molecular weight excluding hydrogens is 288 g/mol. The highest BCUT2D eigenvalue weighted by molar-refractivity contribution is 7.89. The van der Waals surface area contributed by atoms with Gasteiger partial charge in [0.25, 0.3) is 0 Å². The summed E-state index contributed by atoms with van der Waals surface area (Å²) in [5.41, 5.74) is 2.50. The van der Waals surface area contributed by atoms with Crippen LogP contribution in [0.5, 0.6) is 0 Å². The van der Waals surface area contributed by atoms with Gasteiger partial charge in [-0.1, -0.05) is 6.07 Å². The quantitative estimate of drug-likeness (QED) is 0.881. The zero-order chi connectivity index (χ0) is 15.5. The van der Waals surface area contributed by atoms with Crippen molar-refractivity contribution in [2.75, 3.05) is 12.4 Å². The topological polar surface area (TPSA) is 84.0 Å². The van der Waals surface area contributed by atoms with Crippen LogP contribution < -0.4 is 10.0 Å². The number of hydrogen-bond acceptors (Lipinski definition) is 5. The predicted octanol–water partition coefficient (Wildman–Crippen LogP) is 1.87. The Hall–Kier alpha value is -1.99. The van der Waals surface area contributed by atoms with Gasteiger partial charge in [-0.15, -0.1) is 0 Å². The van der Waals surface area contributed by atoms with Crippen molar-refractivity contribution in [3.05, 3.63) is 48.0 Å². The number of benzene rings is 1. The minimum absolute atomic E-state index is 0.0788. The van der Waals surface area contributed by atoms with Crippen LogP contribution in [0.15, 0.2) is 41.7 Å². The number of aryl methyl sites for hydroxylation is 1. The zero-order valence-electron chi connectivity index (χ0n) is 12.2. The van der Waals surface area contributed by atoms with Crippen LogP contribution in [0, 0.1) is 6.92 Å². The van der Waals surface area contributed by atoms with Crippen molar-refractivity contribution < 1.29 is 8.42 Å². The molecular formula is C14H18N4O2S. The summed E-state index contributed by atoms with van der Waals surface area (Å²) >= 11 is 0. The molecule has 0 bridgehead atoms. The van der Waals surface area contributed by atoms with Gasteiger partial charge in [0.05, 0.1) is 22.8 Å². The third kappa shape index (κ3) is 3.56. The number of rotatable bonds is 5. The zero-order valence-corrected chi connectivity index (χ0v) is 13.0. The van der Waals surface area contributed by atoms with Gasteiger partial charge in [0.15, 0.2) is 0 Å². The molecule has 7 heteroatoms. The lowest BCUT2D eigenvalue weighted by atomic mass is 10.1. The van der Waals surface area contributed by atoms with Crippen molar-refractivity contribution in [1.82, 2.24) is 14.7 Å². The second kappa shape index (κ2) is 6.19. The average Bonchev–Trinajstić information content (AvgIpc) is 2.50. The van der Waals surface area contributed by atoms with E-state index >= 15 is 0 Å². The van der Waals surface area contributed by atoms with E-state index in [1.807, 2.05) is 13.8 Å². The van der Waals surface area contributed by atoms with E-state index in [0.717, 1.165) is 16.9 Å². The van der Waals surface area contributed by atoms with Gasteiger partial charge in [0.2, 0.25) is 10.0 Å². The third-order valence-corrected chi connectivity index (χ3v) is 4.60. The summed E-state index contributed by atoms with van der Waals surface area (Å²) in [4.78, 5) is 8.49. The Morgan fingerprint density at radius 2 is 2.00 bits per heavy atom. The van der Waals surface area contributed by atoms with Gasteiger partial charge >= 0.3 is 0 Å². The fraction of sp³-hybridized carbons (Fsp3) is 0.286. The van der Waals surface area contributed by atoms with E-state index in [1.165, 1.54) is 7.05 Å². The van der Waals surface area contributed by atoms with Crippen molar-refractivity contribution in [2.45, 2.75) is 24.8 Å². The van der Waals surface area contributed by atoms with E-state index < -0.39 is 10.0 Å². The highest BCUT2D eigenvalue weighted by Crippen LogP contribution is 2.24. The first-order chi connectivity index (χ1) is 9.94. The summed E-state index contributed by atoms with van der Waals surface area (Å²) in [7, 11) is -2.06. The Labute approximate surface area is 124 Å². The summed E-state index contributed by atoms with van der Waals surface area (Å²) < 4.78 is 26.0. The molecule has 0 saturated carbocycles. The van der Waals surface area contributed by atoms with Crippen molar-refractivity contribution in [3.8, 4) is 0 Å².